The Morgan fingerprint density at radius 1 is 0.917 bits per heavy atom. The van der Waals surface area contributed by atoms with Crippen LogP contribution in [0, 0.1) is 34.5 Å². The van der Waals surface area contributed by atoms with Crippen molar-refractivity contribution in [1.29, 1.82) is 0 Å². The van der Waals surface area contributed by atoms with Crippen molar-refractivity contribution < 1.29 is 14.6 Å². The summed E-state index contributed by atoms with van der Waals surface area (Å²) >= 11 is 0. The van der Waals surface area contributed by atoms with Gasteiger partial charge >= 0.3 is 0 Å². The fraction of sp³-hybridized carbons (Fsp3) is 1.00. The predicted molar refractivity (Wildman–Crippen MR) is 92.4 cm³/mol. The minimum Gasteiger partial charge on any atom is -0.393 e. The van der Waals surface area contributed by atoms with Gasteiger partial charge in [0.1, 0.15) is 0 Å². The van der Waals surface area contributed by atoms with Gasteiger partial charge in [-0.05, 0) is 73.0 Å². The highest BCUT2D eigenvalue weighted by Crippen LogP contribution is 2.67. The maximum atomic E-state index is 11.2. The lowest BCUT2D eigenvalue weighted by Gasteiger charge is -2.62. The molecule has 0 bridgehead atoms. The van der Waals surface area contributed by atoms with E-state index in [9.17, 15) is 5.11 Å². The molecule has 0 aromatic carbocycles. The molecule has 5 aliphatic rings. The SMILES string of the molecule is C[C@]12CCC[C@@H]1[C@@H]1CC[C@H]3CC4(CC[C@]3(C)[C@@H]1[C@@H](O)C2)OCCO4. The Morgan fingerprint density at radius 2 is 1.71 bits per heavy atom. The third kappa shape index (κ3) is 2.07. The summed E-state index contributed by atoms with van der Waals surface area (Å²) in [5.74, 6) is 2.50. The second kappa shape index (κ2) is 5.20. The van der Waals surface area contributed by atoms with Gasteiger partial charge in [-0.2, -0.15) is 0 Å². The largest absolute Gasteiger partial charge is 0.393 e. The third-order valence-corrected chi connectivity index (χ3v) is 9.18. The molecule has 1 spiro atoms. The van der Waals surface area contributed by atoms with Crippen LogP contribution in [0.15, 0.2) is 0 Å². The average Bonchev–Trinajstić information content (AvgIpc) is 3.14. The molecule has 5 fully saturated rings. The molecular formula is C21H34O3. The molecule has 0 radical (unpaired) electrons. The molecule has 3 heteroatoms. The first-order chi connectivity index (χ1) is 11.5. The lowest BCUT2D eigenvalue weighted by molar-refractivity contribution is -0.241. The van der Waals surface area contributed by atoms with Crippen LogP contribution in [-0.2, 0) is 9.47 Å². The van der Waals surface area contributed by atoms with Crippen molar-refractivity contribution in [3.63, 3.8) is 0 Å². The van der Waals surface area contributed by atoms with Crippen molar-refractivity contribution in [1.82, 2.24) is 0 Å². The molecule has 4 saturated carbocycles. The van der Waals surface area contributed by atoms with Gasteiger partial charge in [0.05, 0.1) is 19.3 Å². The first-order valence-corrected chi connectivity index (χ1v) is 10.4. The van der Waals surface area contributed by atoms with E-state index in [-0.39, 0.29) is 17.3 Å². The van der Waals surface area contributed by atoms with Gasteiger partial charge in [-0.15, -0.1) is 0 Å². The Bertz CT molecular complexity index is 513. The van der Waals surface area contributed by atoms with Gasteiger partial charge in [0.15, 0.2) is 5.79 Å². The summed E-state index contributed by atoms with van der Waals surface area (Å²) in [6, 6.07) is 0. The summed E-state index contributed by atoms with van der Waals surface area (Å²) in [7, 11) is 0. The highest BCUT2D eigenvalue weighted by Gasteiger charge is 2.62. The first-order valence-electron chi connectivity index (χ1n) is 10.4. The summed E-state index contributed by atoms with van der Waals surface area (Å²) in [6.07, 6.45) is 10.9. The van der Waals surface area contributed by atoms with Crippen LogP contribution in [0.3, 0.4) is 0 Å². The number of hydrogen-bond acceptors (Lipinski definition) is 3. The molecule has 1 heterocycles. The van der Waals surface area contributed by atoms with Gasteiger partial charge in [0.25, 0.3) is 0 Å². The quantitative estimate of drug-likeness (QED) is 0.724. The second-order valence-electron chi connectivity index (χ2n) is 10.2. The molecule has 5 rings (SSSR count). The van der Waals surface area contributed by atoms with E-state index in [1.807, 2.05) is 0 Å². The van der Waals surface area contributed by atoms with Crippen molar-refractivity contribution in [2.45, 2.75) is 83.5 Å². The van der Waals surface area contributed by atoms with Gasteiger partial charge in [0, 0.05) is 12.8 Å². The Morgan fingerprint density at radius 3 is 2.50 bits per heavy atom. The van der Waals surface area contributed by atoms with E-state index >= 15 is 0 Å². The minimum atomic E-state index is -0.279. The third-order valence-electron chi connectivity index (χ3n) is 9.18. The van der Waals surface area contributed by atoms with E-state index in [1.54, 1.807) is 0 Å². The Kier molecular flexibility index (Phi) is 3.49. The number of ether oxygens (including phenoxy) is 2. The van der Waals surface area contributed by atoms with Crippen LogP contribution < -0.4 is 0 Å². The number of rotatable bonds is 0. The minimum absolute atomic E-state index is 0.0957. The van der Waals surface area contributed by atoms with Crippen LogP contribution in [0.5, 0.6) is 0 Å². The zero-order valence-corrected chi connectivity index (χ0v) is 15.4. The number of fused-ring (bicyclic) bond motifs is 5. The van der Waals surface area contributed by atoms with Gasteiger partial charge in [0.2, 0.25) is 0 Å². The summed E-state index contributed by atoms with van der Waals surface area (Å²) in [4.78, 5) is 0. The van der Waals surface area contributed by atoms with Crippen LogP contribution in [-0.4, -0.2) is 30.2 Å². The molecule has 0 aromatic rings. The van der Waals surface area contributed by atoms with Crippen molar-refractivity contribution in [2.75, 3.05) is 13.2 Å². The maximum absolute atomic E-state index is 11.2. The van der Waals surface area contributed by atoms with E-state index in [0.29, 0.717) is 17.3 Å². The van der Waals surface area contributed by atoms with Crippen LogP contribution in [0.1, 0.15) is 71.6 Å². The predicted octanol–water partition coefficient (Wildman–Crippen LogP) is 4.13. The van der Waals surface area contributed by atoms with E-state index in [4.69, 9.17) is 9.47 Å². The maximum Gasteiger partial charge on any atom is 0.168 e. The van der Waals surface area contributed by atoms with Crippen molar-refractivity contribution >= 4 is 0 Å². The van der Waals surface area contributed by atoms with Gasteiger partial charge in [-0.1, -0.05) is 20.3 Å². The van der Waals surface area contributed by atoms with Crippen molar-refractivity contribution in [3.8, 4) is 0 Å². The number of aliphatic hydroxyl groups excluding tert-OH is 1. The highest BCUT2D eigenvalue weighted by atomic mass is 16.7. The molecule has 1 aliphatic heterocycles. The van der Waals surface area contributed by atoms with Crippen LogP contribution in [0.2, 0.25) is 0 Å². The topological polar surface area (TPSA) is 38.7 Å². The molecule has 0 amide bonds. The van der Waals surface area contributed by atoms with Gasteiger partial charge in [-0.25, -0.2) is 0 Å². The lowest BCUT2D eigenvalue weighted by atomic mass is 9.44. The Labute approximate surface area is 146 Å². The fourth-order valence-electron chi connectivity index (χ4n) is 8.09. The summed E-state index contributed by atoms with van der Waals surface area (Å²) in [5, 5.41) is 11.2. The van der Waals surface area contributed by atoms with Crippen molar-refractivity contribution in [3.05, 3.63) is 0 Å². The van der Waals surface area contributed by atoms with E-state index in [1.165, 1.54) is 38.5 Å². The molecular weight excluding hydrogens is 300 g/mol. The van der Waals surface area contributed by atoms with Crippen LogP contribution in [0.4, 0.5) is 0 Å². The molecule has 0 aromatic heterocycles. The van der Waals surface area contributed by atoms with Crippen molar-refractivity contribution in [2.24, 2.45) is 34.5 Å². The molecule has 3 nitrogen and oxygen atoms in total. The number of hydrogen-bond donors (Lipinski definition) is 1. The summed E-state index contributed by atoms with van der Waals surface area (Å²) in [5.41, 5.74) is 0.699. The highest BCUT2D eigenvalue weighted by molar-refractivity contribution is 5.11. The zero-order chi connectivity index (χ0) is 16.6. The van der Waals surface area contributed by atoms with E-state index in [2.05, 4.69) is 13.8 Å². The van der Waals surface area contributed by atoms with Gasteiger partial charge in [-0.3, -0.25) is 0 Å². The molecule has 136 valence electrons. The van der Waals surface area contributed by atoms with Gasteiger partial charge < -0.3 is 14.6 Å². The molecule has 1 saturated heterocycles. The molecule has 24 heavy (non-hydrogen) atoms. The Balaban J connectivity index is 1.45. The average molecular weight is 335 g/mol. The fourth-order valence-corrected chi connectivity index (χ4v) is 8.09. The summed E-state index contributed by atoms with van der Waals surface area (Å²) < 4.78 is 12.1. The van der Waals surface area contributed by atoms with Crippen LogP contribution >= 0.6 is 0 Å². The molecule has 4 aliphatic carbocycles. The normalized spacial score (nSPS) is 55.9. The first kappa shape index (κ1) is 16.1. The van der Waals surface area contributed by atoms with E-state index < -0.39 is 0 Å². The number of aliphatic hydroxyl groups is 1. The zero-order valence-electron chi connectivity index (χ0n) is 15.4. The summed E-state index contributed by atoms with van der Waals surface area (Å²) in [6.45, 7) is 6.49. The lowest BCUT2D eigenvalue weighted by Crippen LogP contribution is -2.59. The standard InChI is InChI=1S/C21H34O3/c1-19-7-3-4-16(19)15-6-5-14-12-21(23-10-11-24-21)9-8-20(14,2)18(15)17(22)13-19/h14-18,22H,3-13H2,1-2H3/t14-,15-,16+,17-,18-,19+,20-/m0/s1. The Hall–Kier alpha value is -0.120. The monoisotopic (exact) mass is 334 g/mol. The second-order valence-corrected chi connectivity index (χ2v) is 10.2. The van der Waals surface area contributed by atoms with E-state index in [0.717, 1.165) is 44.3 Å². The molecule has 0 unspecified atom stereocenters. The molecule has 1 N–H and O–H groups in total. The molecule has 7 atom stereocenters. The smallest absolute Gasteiger partial charge is 0.168 e. The van der Waals surface area contributed by atoms with Crippen LogP contribution in [0.25, 0.3) is 0 Å².